The van der Waals surface area contributed by atoms with E-state index in [4.69, 9.17) is 9.15 Å². The number of morpholine rings is 1. The number of nitrogens with zero attached hydrogens (tertiary/aromatic N) is 3. The summed E-state index contributed by atoms with van der Waals surface area (Å²) in [7, 11) is 0. The second-order valence-corrected chi connectivity index (χ2v) is 11.7. The van der Waals surface area contributed by atoms with E-state index in [0.717, 1.165) is 51.6 Å². The molecule has 2 aromatic rings. The van der Waals surface area contributed by atoms with Gasteiger partial charge in [0.2, 0.25) is 0 Å². The van der Waals surface area contributed by atoms with E-state index >= 15 is 0 Å². The summed E-state index contributed by atoms with van der Waals surface area (Å²) in [4.78, 5) is 7.70. The van der Waals surface area contributed by atoms with Gasteiger partial charge in [0.05, 0.1) is 25.0 Å². The molecule has 1 saturated carbocycles. The minimum Gasteiger partial charge on any atom is -0.468 e. The standard InChI is InChI=1S/C29H43N3O2.ClH/c1-22-19-32(20-23(2)34-22)25-7-8-28(27(18-25)24-9-11-29(3,4)12-10-24)31-15-13-30(14-16-31)21-26-6-5-17-33-26;/h5-8,17-18,22-24H,9-16,19-21H2,1-4H3;1H/t22-,23+;. The summed E-state index contributed by atoms with van der Waals surface area (Å²) < 4.78 is 11.6. The van der Waals surface area contributed by atoms with Crippen LogP contribution in [0.4, 0.5) is 11.4 Å². The molecule has 0 spiro atoms. The average Bonchev–Trinajstić information content (AvgIpc) is 3.32. The molecule has 0 N–H and O–H groups in total. The highest BCUT2D eigenvalue weighted by Crippen LogP contribution is 2.46. The number of piperazine rings is 1. The molecule has 1 aromatic heterocycles. The number of anilines is 2. The van der Waals surface area contributed by atoms with Gasteiger partial charge in [-0.1, -0.05) is 13.8 Å². The molecule has 5 nitrogen and oxygen atoms in total. The summed E-state index contributed by atoms with van der Waals surface area (Å²) in [6.07, 6.45) is 7.60. The van der Waals surface area contributed by atoms with Gasteiger partial charge >= 0.3 is 0 Å². The molecule has 1 aliphatic carbocycles. The Hall–Kier alpha value is -1.69. The van der Waals surface area contributed by atoms with Crippen molar-refractivity contribution in [3.8, 4) is 0 Å². The highest BCUT2D eigenvalue weighted by atomic mass is 35.5. The lowest BCUT2D eigenvalue weighted by Gasteiger charge is -2.41. The first-order valence-corrected chi connectivity index (χ1v) is 13.4. The van der Waals surface area contributed by atoms with Gasteiger partial charge in [0.25, 0.3) is 0 Å². The van der Waals surface area contributed by atoms with Crippen molar-refractivity contribution in [3.63, 3.8) is 0 Å². The van der Waals surface area contributed by atoms with Crippen molar-refractivity contribution in [2.24, 2.45) is 5.41 Å². The third-order valence-electron chi connectivity index (χ3n) is 8.25. The van der Waals surface area contributed by atoms with Crippen LogP contribution in [0.5, 0.6) is 0 Å². The molecule has 2 atom stereocenters. The first kappa shape index (κ1) is 26.4. The molecule has 2 saturated heterocycles. The summed E-state index contributed by atoms with van der Waals surface area (Å²) in [6.45, 7) is 16.5. The van der Waals surface area contributed by atoms with Gasteiger partial charge in [-0.2, -0.15) is 0 Å². The fourth-order valence-corrected chi connectivity index (χ4v) is 6.22. The lowest BCUT2D eigenvalue weighted by Crippen LogP contribution is -2.46. The van der Waals surface area contributed by atoms with Gasteiger partial charge in [-0.05, 0) is 86.8 Å². The molecule has 3 fully saturated rings. The molecule has 6 heteroatoms. The molecule has 2 aliphatic heterocycles. The maximum atomic E-state index is 6.01. The molecule has 0 bridgehead atoms. The molecule has 35 heavy (non-hydrogen) atoms. The zero-order chi connectivity index (χ0) is 23.7. The minimum absolute atomic E-state index is 0. The lowest BCUT2D eigenvalue weighted by atomic mass is 9.71. The first-order chi connectivity index (χ1) is 16.4. The summed E-state index contributed by atoms with van der Waals surface area (Å²) in [5, 5.41) is 0. The smallest absolute Gasteiger partial charge is 0.117 e. The van der Waals surface area contributed by atoms with Crippen LogP contribution in [0.15, 0.2) is 41.0 Å². The van der Waals surface area contributed by atoms with Crippen molar-refractivity contribution >= 4 is 23.8 Å². The van der Waals surface area contributed by atoms with Crippen LogP contribution in [0.2, 0.25) is 0 Å². The number of furan rings is 1. The van der Waals surface area contributed by atoms with Gasteiger partial charge in [-0.25, -0.2) is 0 Å². The van der Waals surface area contributed by atoms with Gasteiger partial charge in [0.15, 0.2) is 0 Å². The van der Waals surface area contributed by atoms with Crippen molar-refractivity contribution in [3.05, 3.63) is 47.9 Å². The topological polar surface area (TPSA) is 32.1 Å². The first-order valence-electron chi connectivity index (χ1n) is 13.4. The molecule has 3 aliphatic rings. The monoisotopic (exact) mass is 501 g/mol. The Morgan fingerprint density at radius 2 is 1.60 bits per heavy atom. The predicted molar refractivity (Wildman–Crippen MR) is 147 cm³/mol. The van der Waals surface area contributed by atoms with Crippen LogP contribution in [0, 0.1) is 5.41 Å². The summed E-state index contributed by atoms with van der Waals surface area (Å²) in [5.41, 5.74) is 4.92. The highest BCUT2D eigenvalue weighted by Gasteiger charge is 2.31. The normalized spacial score (nSPS) is 25.9. The van der Waals surface area contributed by atoms with Gasteiger partial charge in [0, 0.05) is 50.6 Å². The fraction of sp³-hybridized carbons (Fsp3) is 0.655. The largest absolute Gasteiger partial charge is 0.468 e. The van der Waals surface area contributed by atoms with Crippen molar-refractivity contribution in [1.82, 2.24) is 4.90 Å². The van der Waals surface area contributed by atoms with Gasteiger partial charge in [-0.3, -0.25) is 4.90 Å². The molecular weight excluding hydrogens is 458 g/mol. The maximum absolute atomic E-state index is 6.01. The van der Waals surface area contributed by atoms with Crippen molar-refractivity contribution in [2.45, 2.75) is 78.0 Å². The van der Waals surface area contributed by atoms with E-state index in [0.29, 0.717) is 11.3 Å². The molecule has 3 heterocycles. The van der Waals surface area contributed by atoms with E-state index in [1.807, 2.05) is 6.07 Å². The molecule has 0 radical (unpaired) electrons. The predicted octanol–water partition coefficient (Wildman–Crippen LogP) is 6.32. The quantitative estimate of drug-likeness (QED) is 0.478. The molecule has 194 valence electrons. The molecule has 1 aromatic carbocycles. The summed E-state index contributed by atoms with van der Waals surface area (Å²) in [5.74, 6) is 1.73. The SMILES string of the molecule is C[C@@H]1CN(c2ccc(N3CCN(Cc4ccco4)CC3)c(C3CCC(C)(C)CC3)c2)C[C@H](C)O1.Cl. The van der Waals surface area contributed by atoms with Gasteiger partial charge in [-0.15, -0.1) is 12.4 Å². The zero-order valence-corrected chi connectivity index (χ0v) is 22.9. The zero-order valence-electron chi connectivity index (χ0n) is 22.0. The lowest BCUT2D eigenvalue weighted by molar-refractivity contribution is -0.00522. The van der Waals surface area contributed by atoms with E-state index in [9.17, 15) is 0 Å². The van der Waals surface area contributed by atoms with Gasteiger partial charge in [0.1, 0.15) is 5.76 Å². The van der Waals surface area contributed by atoms with E-state index in [1.54, 1.807) is 11.8 Å². The van der Waals surface area contributed by atoms with Crippen LogP contribution in [-0.4, -0.2) is 56.4 Å². The second-order valence-electron chi connectivity index (χ2n) is 11.7. The van der Waals surface area contributed by atoms with E-state index < -0.39 is 0 Å². The summed E-state index contributed by atoms with van der Waals surface area (Å²) >= 11 is 0. The van der Waals surface area contributed by atoms with Crippen LogP contribution in [-0.2, 0) is 11.3 Å². The molecule has 5 rings (SSSR count). The van der Waals surface area contributed by atoms with E-state index in [-0.39, 0.29) is 24.6 Å². The number of benzene rings is 1. The Morgan fingerprint density at radius 1 is 0.914 bits per heavy atom. The molecular formula is C29H44ClN3O2. The average molecular weight is 502 g/mol. The Bertz CT molecular complexity index is 919. The molecule has 0 unspecified atom stereocenters. The van der Waals surface area contributed by atoms with Crippen LogP contribution >= 0.6 is 12.4 Å². The fourth-order valence-electron chi connectivity index (χ4n) is 6.22. The number of ether oxygens (including phenoxy) is 1. The number of rotatable bonds is 5. The number of halogens is 1. The Kier molecular flexibility index (Phi) is 8.40. The van der Waals surface area contributed by atoms with E-state index in [2.05, 4.69) is 66.7 Å². The van der Waals surface area contributed by atoms with Crippen LogP contribution in [0.3, 0.4) is 0 Å². The Labute approximate surface area is 218 Å². The van der Waals surface area contributed by atoms with Crippen LogP contribution < -0.4 is 9.80 Å². The summed E-state index contributed by atoms with van der Waals surface area (Å²) in [6, 6.07) is 11.4. The van der Waals surface area contributed by atoms with Crippen molar-refractivity contribution < 1.29 is 9.15 Å². The Balaban J connectivity index is 0.00000289. The third kappa shape index (κ3) is 6.36. The van der Waals surface area contributed by atoms with Crippen molar-refractivity contribution in [1.29, 1.82) is 0 Å². The van der Waals surface area contributed by atoms with Crippen LogP contribution in [0.25, 0.3) is 0 Å². The minimum atomic E-state index is 0. The Morgan fingerprint density at radius 3 is 2.23 bits per heavy atom. The number of hydrogen-bond acceptors (Lipinski definition) is 5. The maximum Gasteiger partial charge on any atom is 0.117 e. The third-order valence-corrected chi connectivity index (χ3v) is 8.25. The van der Waals surface area contributed by atoms with Crippen LogP contribution in [0.1, 0.15) is 70.6 Å². The number of hydrogen-bond donors (Lipinski definition) is 0. The van der Waals surface area contributed by atoms with Gasteiger partial charge < -0.3 is 19.0 Å². The highest BCUT2D eigenvalue weighted by molar-refractivity contribution is 5.85. The van der Waals surface area contributed by atoms with E-state index in [1.165, 1.54) is 37.1 Å². The second kappa shape index (κ2) is 11.1. The van der Waals surface area contributed by atoms with Crippen molar-refractivity contribution in [2.75, 3.05) is 49.1 Å². The molecule has 0 amide bonds.